The second kappa shape index (κ2) is 8.59. The number of anilines is 1. The van der Waals surface area contributed by atoms with E-state index in [4.69, 9.17) is 0 Å². The van der Waals surface area contributed by atoms with Gasteiger partial charge in [-0.05, 0) is 38.1 Å². The van der Waals surface area contributed by atoms with Gasteiger partial charge in [0, 0.05) is 5.69 Å². The summed E-state index contributed by atoms with van der Waals surface area (Å²) in [4.78, 5) is 23.6. The quantitative estimate of drug-likeness (QED) is 0.679. The number of hydrogen-bond acceptors (Lipinski definition) is 4. The Kier molecular flexibility index (Phi) is 6.48. The number of hydrogen-bond donors (Lipinski definition) is 3. The van der Waals surface area contributed by atoms with Gasteiger partial charge in [0.05, 0.1) is 18.0 Å². The first-order valence-corrected chi connectivity index (χ1v) is 9.44. The van der Waals surface area contributed by atoms with Crippen molar-refractivity contribution in [2.75, 3.05) is 18.4 Å². The molecule has 0 aliphatic rings. The summed E-state index contributed by atoms with van der Waals surface area (Å²) >= 11 is 0. The van der Waals surface area contributed by atoms with Gasteiger partial charge in [-0.2, -0.15) is 0 Å². The van der Waals surface area contributed by atoms with Crippen molar-refractivity contribution in [3.05, 3.63) is 59.7 Å². The van der Waals surface area contributed by atoms with Gasteiger partial charge in [0.25, 0.3) is 0 Å². The van der Waals surface area contributed by atoms with E-state index in [2.05, 4.69) is 15.4 Å². The minimum absolute atomic E-state index is 0.0769. The van der Waals surface area contributed by atoms with Gasteiger partial charge < -0.3 is 10.6 Å². The lowest BCUT2D eigenvalue weighted by molar-refractivity contribution is -0.123. The summed E-state index contributed by atoms with van der Waals surface area (Å²) in [6.07, 6.45) is 0. The van der Waals surface area contributed by atoms with Crippen LogP contribution in [0.1, 0.15) is 11.1 Å². The minimum atomic E-state index is -3.77. The Labute approximate surface area is 152 Å². The third-order valence-corrected chi connectivity index (χ3v) is 4.95. The van der Waals surface area contributed by atoms with E-state index in [-0.39, 0.29) is 11.4 Å². The molecule has 26 heavy (non-hydrogen) atoms. The van der Waals surface area contributed by atoms with E-state index in [1.807, 2.05) is 26.0 Å². The van der Waals surface area contributed by atoms with Crippen molar-refractivity contribution >= 4 is 27.5 Å². The molecule has 0 unspecified atom stereocenters. The van der Waals surface area contributed by atoms with Crippen LogP contribution in [0.2, 0.25) is 0 Å². The highest BCUT2D eigenvalue weighted by atomic mass is 32.2. The first-order valence-electron chi connectivity index (χ1n) is 7.96. The van der Waals surface area contributed by atoms with Gasteiger partial charge in [0.2, 0.25) is 21.8 Å². The second-order valence-corrected chi connectivity index (χ2v) is 7.60. The minimum Gasteiger partial charge on any atom is -0.346 e. The second-order valence-electron chi connectivity index (χ2n) is 5.83. The van der Waals surface area contributed by atoms with Crippen LogP contribution in [0.4, 0.5) is 5.69 Å². The largest absolute Gasteiger partial charge is 0.346 e. The first kappa shape index (κ1) is 19.6. The molecule has 0 heterocycles. The van der Waals surface area contributed by atoms with E-state index in [0.29, 0.717) is 5.69 Å². The van der Waals surface area contributed by atoms with Gasteiger partial charge in [-0.15, -0.1) is 0 Å². The molecule has 0 saturated carbocycles. The van der Waals surface area contributed by atoms with Crippen LogP contribution < -0.4 is 15.4 Å². The lowest BCUT2D eigenvalue weighted by Gasteiger charge is -2.09. The Bertz CT molecular complexity index is 876. The van der Waals surface area contributed by atoms with Crippen molar-refractivity contribution in [3.63, 3.8) is 0 Å². The normalized spacial score (nSPS) is 11.0. The van der Waals surface area contributed by atoms with Crippen LogP contribution in [0.15, 0.2) is 53.4 Å². The van der Waals surface area contributed by atoms with Crippen LogP contribution >= 0.6 is 0 Å². The molecule has 8 heteroatoms. The van der Waals surface area contributed by atoms with E-state index in [0.717, 1.165) is 11.1 Å². The Hall–Kier alpha value is -2.71. The molecule has 0 aromatic heterocycles. The van der Waals surface area contributed by atoms with E-state index in [1.165, 1.54) is 12.1 Å². The highest BCUT2D eigenvalue weighted by molar-refractivity contribution is 7.89. The fourth-order valence-corrected chi connectivity index (χ4v) is 3.03. The Morgan fingerprint density at radius 2 is 1.35 bits per heavy atom. The summed E-state index contributed by atoms with van der Waals surface area (Å²) < 4.78 is 26.4. The van der Waals surface area contributed by atoms with Crippen molar-refractivity contribution in [1.29, 1.82) is 0 Å². The van der Waals surface area contributed by atoms with Gasteiger partial charge in [-0.25, -0.2) is 13.1 Å². The molecule has 0 radical (unpaired) electrons. The summed E-state index contributed by atoms with van der Waals surface area (Å²) in [7, 11) is -3.77. The predicted molar refractivity (Wildman–Crippen MR) is 99.2 cm³/mol. The third-order valence-electron chi connectivity index (χ3n) is 3.54. The van der Waals surface area contributed by atoms with E-state index < -0.39 is 28.4 Å². The molecule has 2 rings (SSSR count). The Morgan fingerprint density at radius 3 is 1.92 bits per heavy atom. The van der Waals surface area contributed by atoms with E-state index in [1.54, 1.807) is 24.3 Å². The lowest BCUT2D eigenvalue weighted by atomic mass is 10.2. The van der Waals surface area contributed by atoms with Crippen LogP contribution in [-0.2, 0) is 19.6 Å². The third kappa shape index (κ3) is 5.98. The van der Waals surface area contributed by atoms with Gasteiger partial charge in [0.15, 0.2) is 0 Å². The topological polar surface area (TPSA) is 104 Å². The number of sulfonamides is 1. The molecule has 0 atom stereocenters. The molecular weight excluding hydrogens is 354 g/mol. The van der Waals surface area contributed by atoms with Crippen LogP contribution in [0.3, 0.4) is 0 Å². The molecule has 2 amide bonds. The zero-order valence-corrected chi connectivity index (χ0v) is 15.4. The average molecular weight is 375 g/mol. The highest BCUT2D eigenvalue weighted by Gasteiger charge is 2.15. The molecule has 0 aliphatic heterocycles. The molecule has 0 saturated heterocycles. The molecule has 2 aromatic rings. The number of amides is 2. The number of carbonyl (C=O) groups excluding carboxylic acids is 2. The molecule has 2 aromatic carbocycles. The van der Waals surface area contributed by atoms with E-state index >= 15 is 0 Å². The van der Waals surface area contributed by atoms with Gasteiger partial charge in [-0.3, -0.25) is 9.59 Å². The standard InChI is InChI=1S/C18H21N3O4S/c1-13-3-7-15(8-4-13)21-18(23)11-19-17(22)12-20-26(24,25)16-9-5-14(2)6-10-16/h3-10,20H,11-12H2,1-2H3,(H,19,22)(H,21,23). The molecule has 3 N–H and O–H groups in total. The summed E-state index contributed by atoms with van der Waals surface area (Å²) in [6.45, 7) is 3.08. The van der Waals surface area contributed by atoms with Crippen molar-refractivity contribution in [2.24, 2.45) is 0 Å². The smallest absolute Gasteiger partial charge is 0.243 e. The summed E-state index contributed by atoms with van der Waals surface area (Å²) in [5.41, 5.74) is 2.62. The molecule has 7 nitrogen and oxygen atoms in total. The number of nitrogens with one attached hydrogen (secondary N) is 3. The number of carbonyl (C=O) groups is 2. The molecule has 0 spiro atoms. The van der Waals surface area contributed by atoms with Crippen molar-refractivity contribution in [2.45, 2.75) is 18.7 Å². The SMILES string of the molecule is Cc1ccc(NC(=O)CNC(=O)CNS(=O)(=O)c2ccc(C)cc2)cc1. The average Bonchev–Trinajstić information content (AvgIpc) is 2.61. The van der Waals surface area contributed by atoms with Gasteiger partial charge in [-0.1, -0.05) is 35.4 Å². The van der Waals surface area contributed by atoms with E-state index in [9.17, 15) is 18.0 Å². The molecule has 0 aliphatic carbocycles. The zero-order chi connectivity index (χ0) is 19.2. The summed E-state index contributed by atoms with van der Waals surface area (Å²) in [5.74, 6) is -0.997. The lowest BCUT2D eigenvalue weighted by Crippen LogP contribution is -2.40. The molecule has 0 bridgehead atoms. The van der Waals surface area contributed by atoms with Crippen LogP contribution in [0, 0.1) is 13.8 Å². The maximum absolute atomic E-state index is 12.1. The van der Waals surface area contributed by atoms with Crippen molar-refractivity contribution in [3.8, 4) is 0 Å². The fraction of sp³-hybridized carbons (Fsp3) is 0.222. The fourth-order valence-electron chi connectivity index (χ4n) is 2.04. The number of aryl methyl sites for hydroxylation is 2. The van der Waals surface area contributed by atoms with Crippen molar-refractivity contribution < 1.29 is 18.0 Å². The first-order chi connectivity index (χ1) is 12.3. The highest BCUT2D eigenvalue weighted by Crippen LogP contribution is 2.09. The van der Waals surface area contributed by atoms with Crippen LogP contribution in [0.25, 0.3) is 0 Å². The van der Waals surface area contributed by atoms with Crippen LogP contribution in [0.5, 0.6) is 0 Å². The monoisotopic (exact) mass is 375 g/mol. The maximum atomic E-state index is 12.1. The Morgan fingerprint density at radius 1 is 0.808 bits per heavy atom. The summed E-state index contributed by atoms with van der Waals surface area (Å²) in [6, 6.07) is 13.5. The van der Waals surface area contributed by atoms with Crippen molar-refractivity contribution in [1.82, 2.24) is 10.0 Å². The number of rotatable bonds is 7. The van der Waals surface area contributed by atoms with Gasteiger partial charge in [0.1, 0.15) is 0 Å². The van der Waals surface area contributed by atoms with Gasteiger partial charge >= 0.3 is 0 Å². The number of benzene rings is 2. The molecular formula is C18H21N3O4S. The zero-order valence-electron chi connectivity index (χ0n) is 14.6. The predicted octanol–water partition coefficient (Wildman–Crippen LogP) is 1.34. The molecule has 0 fully saturated rings. The van der Waals surface area contributed by atoms with Crippen LogP contribution in [-0.4, -0.2) is 33.3 Å². The molecule has 138 valence electrons. The summed E-state index contributed by atoms with van der Waals surface area (Å²) in [5, 5.41) is 5.00. The Balaban J connectivity index is 1.78. The maximum Gasteiger partial charge on any atom is 0.243 e.